The topological polar surface area (TPSA) is 122 Å². The van der Waals surface area contributed by atoms with E-state index in [4.69, 9.17) is 14.6 Å². The van der Waals surface area contributed by atoms with Crippen LogP contribution in [0.5, 0.6) is 11.5 Å². The minimum absolute atomic E-state index is 0.0418. The summed E-state index contributed by atoms with van der Waals surface area (Å²) < 4.78 is 39.3. The van der Waals surface area contributed by atoms with Gasteiger partial charge in [0.1, 0.15) is 16.4 Å². The van der Waals surface area contributed by atoms with Gasteiger partial charge in [0.2, 0.25) is 0 Å². The number of aryl methyl sites for hydroxylation is 1. The van der Waals surface area contributed by atoms with Gasteiger partial charge in [-0.25, -0.2) is 13.2 Å². The summed E-state index contributed by atoms with van der Waals surface area (Å²) in [5.74, 6) is -0.929. The van der Waals surface area contributed by atoms with Gasteiger partial charge in [-0.1, -0.05) is 6.07 Å². The molecule has 3 aromatic carbocycles. The molecule has 0 radical (unpaired) electrons. The standard InChI is InChI=1S/C25H24N2O7S/c1-15-4-9-21(33-2)23(12-15)35(31,32)27-11-10-19-20(27)13-17(14-22(19)34-3)24(28)26-18-7-5-16(6-8-18)25(29)30/h4-9,12-14H,10-11H2,1-3H3,(H,26,28)(H,29,30). The molecule has 0 unspecified atom stereocenters. The lowest BCUT2D eigenvalue weighted by molar-refractivity contribution is 0.0696. The van der Waals surface area contributed by atoms with Gasteiger partial charge < -0.3 is 19.9 Å². The van der Waals surface area contributed by atoms with E-state index < -0.39 is 21.9 Å². The van der Waals surface area contributed by atoms with Crippen molar-refractivity contribution in [2.75, 3.05) is 30.4 Å². The summed E-state index contributed by atoms with van der Waals surface area (Å²) in [4.78, 5) is 24.1. The molecule has 1 amide bonds. The smallest absolute Gasteiger partial charge is 0.335 e. The van der Waals surface area contributed by atoms with Crippen molar-refractivity contribution in [3.8, 4) is 11.5 Å². The van der Waals surface area contributed by atoms with Gasteiger partial charge >= 0.3 is 5.97 Å². The number of sulfonamides is 1. The van der Waals surface area contributed by atoms with Crippen molar-refractivity contribution in [2.45, 2.75) is 18.2 Å². The molecule has 1 aliphatic heterocycles. The average molecular weight is 497 g/mol. The van der Waals surface area contributed by atoms with E-state index in [0.717, 1.165) is 5.56 Å². The Kier molecular flexibility index (Phi) is 6.40. The zero-order valence-electron chi connectivity index (χ0n) is 19.4. The van der Waals surface area contributed by atoms with Crippen molar-refractivity contribution >= 4 is 33.3 Å². The molecule has 0 bridgehead atoms. The van der Waals surface area contributed by atoms with E-state index >= 15 is 0 Å². The predicted molar refractivity (Wildman–Crippen MR) is 130 cm³/mol. The fourth-order valence-electron chi connectivity index (χ4n) is 4.00. The monoisotopic (exact) mass is 496 g/mol. The number of carbonyl (C=O) groups excluding carboxylic acids is 1. The molecule has 0 fully saturated rings. The normalized spacial score (nSPS) is 12.7. The van der Waals surface area contributed by atoms with Crippen molar-refractivity contribution < 1.29 is 32.6 Å². The first-order chi connectivity index (χ1) is 16.6. The third-order valence-corrected chi connectivity index (χ3v) is 7.61. The molecule has 4 rings (SSSR count). The molecular weight excluding hydrogens is 472 g/mol. The minimum Gasteiger partial charge on any atom is -0.496 e. The predicted octanol–water partition coefficient (Wildman–Crippen LogP) is 3.71. The third kappa shape index (κ3) is 4.52. The maximum Gasteiger partial charge on any atom is 0.335 e. The van der Waals surface area contributed by atoms with E-state index in [1.165, 1.54) is 48.9 Å². The first-order valence-electron chi connectivity index (χ1n) is 10.7. The van der Waals surface area contributed by atoms with Crippen LogP contribution in [0.3, 0.4) is 0 Å². The van der Waals surface area contributed by atoms with Crippen LogP contribution in [0.2, 0.25) is 0 Å². The van der Waals surface area contributed by atoms with Gasteiger partial charge in [-0.05, 0) is 67.4 Å². The summed E-state index contributed by atoms with van der Waals surface area (Å²) >= 11 is 0. The molecule has 182 valence electrons. The minimum atomic E-state index is -3.99. The third-order valence-electron chi connectivity index (χ3n) is 5.78. The summed E-state index contributed by atoms with van der Waals surface area (Å²) in [6, 6.07) is 13.7. The van der Waals surface area contributed by atoms with Gasteiger partial charge in [0, 0.05) is 23.4 Å². The highest BCUT2D eigenvalue weighted by atomic mass is 32.2. The van der Waals surface area contributed by atoms with Crippen molar-refractivity contribution in [3.05, 3.63) is 76.9 Å². The molecule has 0 saturated carbocycles. The molecule has 3 aromatic rings. The Morgan fingerprint density at radius 2 is 1.63 bits per heavy atom. The van der Waals surface area contributed by atoms with Crippen molar-refractivity contribution in [1.82, 2.24) is 0 Å². The Hall–Kier alpha value is -4.05. The number of benzene rings is 3. The zero-order valence-corrected chi connectivity index (χ0v) is 20.2. The van der Waals surface area contributed by atoms with Gasteiger partial charge in [-0.3, -0.25) is 9.10 Å². The summed E-state index contributed by atoms with van der Waals surface area (Å²) in [5.41, 5.74) is 2.50. The number of methoxy groups -OCH3 is 2. The second kappa shape index (κ2) is 9.30. The second-order valence-corrected chi connectivity index (χ2v) is 9.83. The molecule has 1 aliphatic rings. The highest BCUT2D eigenvalue weighted by Gasteiger charge is 2.35. The van der Waals surface area contributed by atoms with Crippen molar-refractivity contribution in [3.63, 3.8) is 0 Å². The lowest BCUT2D eigenvalue weighted by Gasteiger charge is -2.22. The molecule has 1 heterocycles. The number of fused-ring (bicyclic) bond motifs is 1. The largest absolute Gasteiger partial charge is 0.496 e. The zero-order chi connectivity index (χ0) is 25.3. The number of anilines is 2. The fourth-order valence-corrected chi connectivity index (χ4v) is 5.74. The summed E-state index contributed by atoms with van der Waals surface area (Å²) in [6.45, 7) is 1.98. The maximum atomic E-state index is 13.6. The number of nitrogens with zero attached hydrogens (tertiary/aromatic N) is 1. The number of hydrogen-bond donors (Lipinski definition) is 2. The molecule has 0 aliphatic carbocycles. The number of carboxylic acid groups (broad SMARTS) is 1. The van der Waals surface area contributed by atoms with E-state index in [2.05, 4.69) is 5.32 Å². The quantitative estimate of drug-likeness (QED) is 0.511. The Morgan fingerprint density at radius 1 is 0.943 bits per heavy atom. The number of carboxylic acids is 1. The van der Waals surface area contributed by atoms with Crippen LogP contribution in [0.4, 0.5) is 11.4 Å². The maximum absolute atomic E-state index is 13.6. The van der Waals surface area contributed by atoms with Crippen LogP contribution in [-0.2, 0) is 16.4 Å². The molecule has 9 nitrogen and oxygen atoms in total. The van der Waals surface area contributed by atoms with Crippen molar-refractivity contribution in [2.24, 2.45) is 0 Å². The highest BCUT2D eigenvalue weighted by Crippen LogP contribution is 2.41. The molecule has 35 heavy (non-hydrogen) atoms. The highest BCUT2D eigenvalue weighted by molar-refractivity contribution is 7.93. The Labute approximate surface area is 203 Å². The number of aromatic carboxylic acids is 1. The fraction of sp³-hybridized carbons (Fsp3) is 0.200. The van der Waals surface area contributed by atoms with Gasteiger partial charge in [-0.15, -0.1) is 0 Å². The molecular formula is C25H24N2O7S. The molecule has 0 spiro atoms. The molecule has 0 saturated heterocycles. The Morgan fingerprint density at radius 3 is 2.26 bits per heavy atom. The van der Waals surface area contributed by atoms with Crippen LogP contribution in [0, 0.1) is 6.92 Å². The number of amides is 1. The summed E-state index contributed by atoms with van der Waals surface area (Å²) in [5, 5.41) is 11.7. The van der Waals surface area contributed by atoms with Crippen molar-refractivity contribution in [1.29, 1.82) is 0 Å². The number of hydrogen-bond acceptors (Lipinski definition) is 6. The summed E-state index contributed by atoms with van der Waals surface area (Å²) in [7, 11) is -1.12. The van der Waals surface area contributed by atoms with Crippen LogP contribution in [-0.4, -0.2) is 46.2 Å². The number of rotatable bonds is 7. The average Bonchev–Trinajstić information content (AvgIpc) is 3.28. The van der Waals surface area contributed by atoms with E-state index in [1.807, 2.05) is 0 Å². The van der Waals surface area contributed by atoms with Crippen LogP contribution in [0.15, 0.2) is 59.5 Å². The van der Waals surface area contributed by atoms with Gasteiger partial charge in [0.05, 0.1) is 25.5 Å². The lowest BCUT2D eigenvalue weighted by atomic mass is 10.1. The lowest BCUT2D eigenvalue weighted by Crippen LogP contribution is -2.29. The molecule has 0 aromatic heterocycles. The summed E-state index contributed by atoms with van der Waals surface area (Å²) in [6.07, 6.45) is 0.421. The van der Waals surface area contributed by atoms with Crippen LogP contribution in [0.25, 0.3) is 0 Å². The van der Waals surface area contributed by atoms with E-state index in [0.29, 0.717) is 29.1 Å². The molecule has 10 heteroatoms. The number of carbonyl (C=O) groups is 2. The van der Waals surface area contributed by atoms with Gasteiger partial charge in [0.25, 0.3) is 15.9 Å². The van der Waals surface area contributed by atoms with Crippen LogP contribution in [0.1, 0.15) is 31.8 Å². The van der Waals surface area contributed by atoms with Gasteiger partial charge in [0.15, 0.2) is 0 Å². The van der Waals surface area contributed by atoms with E-state index in [1.54, 1.807) is 31.2 Å². The van der Waals surface area contributed by atoms with E-state index in [9.17, 15) is 18.0 Å². The second-order valence-electron chi connectivity index (χ2n) is 7.99. The van der Waals surface area contributed by atoms with E-state index in [-0.39, 0.29) is 28.3 Å². The first kappa shape index (κ1) is 24.1. The Balaban J connectivity index is 1.72. The number of ether oxygens (including phenoxy) is 2. The van der Waals surface area contributed by atoms with Crippen LogP contribution >= 0.6 is 0 Å². The molecule has 0 atom stereocenters. The molecule has 2 N–H and O–H groups in total. The Bertz CT molecular complexity index is 1420. The first-order valence-corrected chi connectivity index (χ1v) is 12.1. The SMILES string of the molecule is COc1ccc(C)cc1S(=O)(=O)N1CCc2c(OC)cc(C(=O)Nc3ccc(C(=O)O)cc3)cc21. The van der Waals surface area contributed by atoms with Gasteiger partial charge in [-0.2, -0.15) is 0 Å². The number of nitrogens with one attached hydrogen (secondary N) is 1. The van der Waals surface area contributed by atoms with Crippen LogP contribution < -0.4 is 19.1 Å².